The van der Waals surface area contributed by atoms with Gasteiger partial charge in [-0.3, -0.25) is 0 Å². The molecule has 0 fully saturated rings. The van der Waals surface area contributed by atoms with E-state index in [9.17, 15) is 0 Å². The zero-order valence-electron chi connectivity index (χ0n) is 4.16. The van der Waals surface area contributed by atoms with E-state index in [0.717, 1.165) is 0 Å². The third-order valence-corrected chi connectivity index (χ3v) is 0. The van der Waals surface area contributed by atoms with Gasteiger partial charge in [0.2, 0.25) is 0 Å². The molecule has 0 amide bonds. The minimum absolute atomic E-state index is 5.39. The summed E-state index contributed by atoms with van der Waals surface area (Å²) in [5, 5.41) is 0. The molecule has 0 unspecified atom stereocenters. The van der Waals surface area contributed by atoms with Crippen LogP contribution >= 0.6 is 7.82 Å². The summed E-state index contributed by atoms with van der Waals surface area (Å²) in [6, 6.07) is 0. The average molecular weight is 281 g/mol. The van der Waals surface area contributed by atoms with Crippen molar-refractivity contribution in [2.75, 3.05) is 0 Å². The molecule has 0 aromatic carbocycles. The van der Waals surface area contributed by atoms with Crippen molar-refractivity contribution in [3.05, 3.63) is 0 Å². The molecule has 0 aromatic heterocycles. The molecule has 0 bridgehead atoms. The van der Waals surface area contributed by atoms with Gasteiger partial charge in [-0.15, -0.1) is 0 Å². The second kappa shape index (κ2) is 4.48. The molecule has 0 spiro atoms. The first-order valence-corrected chi connectivity index (χ1v) is 7.09. The Balaban J connectivity index is 0. The fourth-order valence-corrected chi connectivity index (χ4v) is 0. The van der Waals surface area contributed by atoms with Crippen molar-refractivity contribution >= 4 is 27.9 Å². The summed E-state index contributed by atoms with van der Waals surface area (Å²) in [5.41, 5.74) is 0. The zero-order chi connectivity index (χ0) is 9.00. The Kier molecular flexibility index (Phi) is 5.92. The third-order valence-electron chi connectivity index (χ3n) is 0. The van der Waals surface area contributed by atoms with E-state index in [0.29, 0.717) is 0 Å². The molecule has 0 rings (SSSR count). The Morgan fingerprint density at radius 2 is 1.00 bits per heavy atom. The second-order valence-corrected chi connectivity index (χ2v) is 4.34. The van der Waals surface area contributed by atoms with Crippen LogP contribution in [-0.4, -0.2) is 20.1 Å². The molecule has 10 heavy (non-hydrogen) atoms. The quantitative estimate of drug-likeness (QED) is 0.311. The average Bonchev–Trinajstić information content (AvgIpc) is 1.12. The third kappa shape index (κ3) is 1350. The topological polar surface area (TPSA) is 172 Å². The van der Waals surface area contributed by atoms with Crippen molar-refractivity contribution in [3.63, 3.8) is 0 Å². The van der Waals surface area contributed by atoms with Gasteiger partial charge in [-0.2, -0.15) is 7.82 Å². The van der Waals surface area contributed by atoms with Crippen LogP contribution in [-0.2, 0) is 7.58 Å². The summed E-state index contributed by atoms with van der Waals surface area (Å²) in [7, 11) is -5.39. The monoisotopic (exact) mass is 280 g/mol. The molecule has 0 N–H and O–H groups in total. The van der Waals surface area contributed by atoms with Crippen LogP contribution in [0.15, 0.2) is 0 Å². The maximum absolute atomic E-state index is 8.64. The van der Waals surface area contributed by atoms with Gasteiger partial charge in [-0.05, 0) is 0 Å². The van der Waals surface area contributed by atoms with Crippen molar-refractivity contribution in [2.45, 2.75) is 0 Å². The van der Waals surface area contributed by atoms with Crippen LogP contribution in [0.2, 0.25) is 0 Å². The first kappa shape index (κ1) is 13.2. The van der Waals surface area contributed by atoms with Crippen LogP contribution in [0, 0.1) is 0 Å². The zero-order valence-corrected chi connectivity index (χ0v) is 7.61. The maximum atomic E-state index is 8.64. The molecule has 0 atom stereocenters. The summed E-state index contributed by atoms with van der Waals surface area (Å²) in [5.74, 6) is 0. The molecule has 10 heteroatoms. The van der Waals surface area contributed by atoms with Crippen molar-refractivity contribution in [1.29, 1.82) is 0 Å². The molecule has 8 nitrogen and oxygen atoms in total. The van der Waals surface area contributed by atoms with Gasteiger partial charge in [0, 0.05) is 0 Å². The predicted octanol–water partition coefficient (Wildman–Crippen LogP) is -6.89. The molecule has 0 aliphatic rings. The van der Waals surface area contributed by atoms with Crippen LogP contribution < -0.4 is 24.8 Å². The number of hydrogen-bond donors (Lipinski definition) is 0. The summed E-state index contributed by atoms with van der Waals surface area (Å²) in [6.45, 7) is 0. The van der Waals surface area contributed by atoms with Gasteiger partial charge in [0.1, 0.15) is 0 Å². The molecule has 64 valence electrons. The van der Waals surface area contributed by atoms with Crippen LogP contribution in [0.25, 0.3) is 0 Å². The first-order chi connectivity index (χ1) is 4.00. The molecular weight excluding hydrogens is 281 g/mol. The van der Waals surface area contributed by atoms with Gasteiger partial charge in [-0.1, -0.05) is 0 Å². The van der Waals surface area contributed by atoms with Gasteiger partial charge >= 0.3 is 33.2 Å². The van der Waals surface area contributed by atoms with Crippen LogP contribution in [0.4, 0.5) is 0 Å². The van der Waals surface area contributed by atoms with Crippen LogP contribution in [0.5, 0.6) is 0 Å². The molecule has 0 aliphatic carbocycles. The van der Waals surface area contributed by atoms with E-state index < -0.39 is 27.9 Å². The Morgan fingerprint density at radius 1 is 1.00 bits per heavy atom. The van der Waals surface area contributed by atoms with E-state index in [2.05, 4.69) is 0 Å². The normalized spacial score (nSPS) is 11.8. The van der Waals surface area contributed by atoms with Gasteiger partial charge in [0.15, 0.2) is 0 Å². The van der Waals surface area contributed by atoms with Crippen molar-refractivity contribution < 1.29 is 32.4 Å². The van der Waals surface area contributed by atoms with Crippen molar-refractivity contribution in [1.82, 2.24) is 0 Å². The van der Waals surface area contributed by atoms with E-state index in [-0.39, 0.29) is 0 Å². The van der Waals surface area contributed by atoms with E-state index in [1.165, 1.54) is 0 Å². The van der Waals surface area contributed by atoms with E-state index >= 15 is 0 Å². The number of phosphoric acid groups is 1. The van der Waals surface area contributed by atoms with Crippen LogP contribution in [0.3, 0.4) is 0 Å². The SMILES string of the molecule is O=P([O-])([O-])[O-].[O]=[Sb]([O-])([O-])[O-]. The van der Waals surface area contributed by atoms with E-state index in [1.54, 1.807) is 0 Å². The Bertz CT molecular complexity index is 122. The molecule has 0 heterocycles. The van der Waals surface area contributed by atoms with E-state index in [1.807, 2.05) is 0 Å². The summed E-state index contributed by atoms with van der Waals surface area (Å²) in [6.07, 6.45) is 0. The molecule has 0 aromatic rings. The Labute approximate surface area is 60.7 Å². The van der Waals surface area contributed by atoms with Gasteiger partial charge in [-0.25, -0.2) is 0 Å². The summed E-state index contributed by atoms with van der Waals surface area (Å²) in [4.78, 5) is 25.6. The fraction of sp³-hybridized carbons (Fsp3) is 0. The fourth-order valence-electron chi connectivity index (χ4n) is 0. The molecular formula is O8PSb-6. The van der Waals surface area contributed by atoms with Gasteiger partial charge in [0.25, 0.3) is 0 Å². The molecule has 0 aliphatic heterocycles. The van der Waals surface area contributed by atoms with Gasteiger partial charge < -0.3 is 19.2 Å². The predicted molar refractivity (Wildman–Crippen MR) is 14.0 cm³/mol. The standard InChI is InChI=1S/H3O4P.4O.Sb/c1-5(2,3)4;;;;;/h(H3,1,2,3,4);;;;;/q;;3*-1;/p-3. The van der Waals surface area contributed by atoms with E-state index in [4.69, 9.17) is 32.4 Å². The van der Waals surface area contributed by atoms with Crippen molar-refractivity contribution in [2.24, 2.45) is 0 Å². The number of rotatable bonds is 0. The number of hydrogen-bond acceptors (Lipinski definition) is 8. The molecule has 0 saturated carbocycles. The summed E-state index contributed by atoms with van der Waals surface area (Å²) >= 11 is -6.10. The van der Waals surface area contributed by atoms with Gasteiger partial charge in [0.05, 0.1) is 0 Å². The molecule has 0 saturated heterocycles. The van der Waals surface area contributed by atoms with Crippen molar-refractivity contribution in [3.8, 4) is 0 Å². The Hall–Kier alpha value is 0.608. The Morgan fingerprint density at radius 3 is 1.00 bits per heavy atom. The molecule has 0 radical (unpaired) electrons. The van der Waals surface area contributed by atoms with Crippen LogP contribution in [0.1, 0.15) is 0 Å². The first-order valence-electron chi connectivity index (χ1n) is 1.46. The second-order valence-electron chi connectivity index (χ2n) is 0.894. The summed E-state index contributed by atoms with van der Waals surface area (Å²) < 4.78 is 43.1. The minimum atomic E-state index is -6.10.